The van der Waals surface area contributed by atoms with Crippen LogP contribution >= 0.6 is 46.4 Å². The lowest BCUT2D eigenvalue weighted by molar-refractivity contribution is -0.0378. The van der Waals surface area contributed by atoms with Gasteiger partial charge in [0, 0.05) is 27.5 Å². The fourth-order valence-corrected chi connectivity index (χ4v) is 3.53. The number of rotatable bonds is 3. The van der Waals surface area contributed by atoms with Gasteiger partial charge in [-0.05, 0) is 29.8 Å². The third-order valence-corrected chi connectivity index (χ3v) is 4.69. The van der Waals surface area contributed by atoms with E-state index in [0.29, 0.717) is 36.1 Å². The quantitative estimate of drug-likeness (QED) is 0.472. The van der Waals surface area contributed by atoms with Gasteiger partial charge in [-0.1, -0.05) is 52.5 Å². The molecule has 5 nitrogen and oxygen atoms in total. The smallest absolute Gasteiger partial charge is 0.286 e. The van der Waals surface area contributed by atoms with E-state index in [2.05, 4.69) is 5.10 Å². The summed E-state index contributed by atoms with van der Waals surface area (Å²) in [5.41, 5.74) is 1.30. The molecular weight excluding hydrogens is 408 g/mol. The van der Waals surface area contributed by atoms with Gasteiger partial charge >= 0.3 is 0 Å². The zero-order valence-corrected chi connectivity index (χ0v) is 15.8. The molecule has 3 aromatic rings. The number of carbonyl (C=O) groups excluding carboxylic acids is 1. The normalized spacial score (nSPS) is 11.1. The predicted molar refractivity (Wildman–Crippen MR) is 99.2 cm³/mol. The second-order valence-electron chi connectivity index (χ2n) is 5.35. The molecule has 0 fully saturated rings. The van der Waals surface area contributed by atoms with E-state index in [1.54, 1.807) is 35.0 Å². The molecule has 1 heterocycles. The lowest BCUT2D eigenvalue weighted by atomic mass is 10.2. The first-order valence-electron chi connectivity index (χ1n) is 7.04. The Morgan fingerprint density at radius 2 is 1.80 bits per heavy atom. The molecule has 0 saturated heterocycles. The fourth-order valence-electron chi connectivity index (χ4n) is 2.47. The molecule has 0 bridgehead atoms. The zero-order chi connectivity index (χ0) is 18.3. The van der Waals surface area contributed by atoms with Crippen molar-refractivity contribution < 1.29 is 10.0 Å². The molecule has 0 aliphatic rings. The van der Waals surface area contributed by atoms with Crippen molar-refractivity contribution >= 4 is 63.2 Å². The summed E-state index contributed by atoms with van der Waals surface area (Å²) >= 11 is 24.5. The Morgan fingerprint density at radius 3 is 2.44 bits per heavy atom. The van der Waals surface area contributed by atoms with Crippen LogP contribution in [-0.2, 0) is 6.54 Å². The van der Waals surface area contributed by atoms with E-state index in [0.717, 1.165) is 5.56 Å². The molecule has 0 aliphatic carbocycles. The molecule has 0 spiro atoms. The van der Waals surface area contributed by atoms with Crippen molar-refractivity contribution in [1.29, 1.82) is 0 Å². The van der Waals surface area contributed by atoms with Crippen LogP contribution in [0.1, 0.15) is 16.1 Å². The summed E-state index contributed by atoms with van der Waals surface area (Å²) in [6.45, 7) is 0.260. The average Bonchev–Trinajstić information content (AvgIpc) is 2.87. The summed E-state index contributed by atoms with van der Waals surface area (Å²) in [5.74, 6) is -0.677. The van der Waals surface area contributed by atoms with Gasteiger partial charge in [0.15, 0.2) is 5.69 Å². The minimum absolute atomic E-state index is 0.0366. The van der Waals surface area contributed by atoms with Crippen LogP contribution in [0.25, 0.3) is 10.9 Å². The van der Waals surface area contributed by atoms with Crippen LogP contribution in [0.3, 0.4) is 0 Å². The highest BCUT2D eigenvalue weighted by molar-refractivity contribution is 6.39. The van der Waals surface area contributed by atoms with E-state index in [1.165, 1.54) is 7.05 Å². The Morgan fingerprint density at radius 1 is 1.12 bits per heavy atom. The standard InChI is InChI=1S/C16H11Cl4N3O2/c1-22(25)16(24)14-11-4-10(18)6-13(20)15(11)23(21-14)7-8-2-3-9(17)5-12(8)19/h2-6,25H,7H2,1H3. The monoisotopic (exact) mass is 417 g/mol. The molecule has 0 saturated carbocycles. The Hall–Kier alpha value is -1.50. The van der Waals surface area contributed by atoms with E-state index in [1.807, 2.05) is 0 Å². The van der Waals surface area contributed by atoms with Crippen LogP contribution < -0.4 is 0 Å². The molecule has 130 valence electrons. The maximum atomic E-state index is 12.2. The molecule has 0 atom stereocenters. The van der Waals surface area contributed by atoms with Crippen LogP contribution in [0.15, 0.2) is 30.3 Å². The van der Waals surface area contributed by atoms with Crippen LogP contribution in [-0.4, -0.2) is 33.0 Å². The summed E-state index contributed by atoms with van der Waals surface area (Å²) in [4.78, 5) is 12.2. The molecule has 25 heavy (non-hydrogen) atoms. The maximum Gasteiger partial charge on any atom is 0.298 e. The average molecular weight is 419 g/mol. The Kier molecular flexibility index (Phi) is 5.14. The molecular formula is C16H11Cl4N3O2. The van der Waals surface area contributed by atoms with Gasteiger partial charge in [-0.25, -0.2) is 5.06 Å². The number of hydrogen-bond donors (Lipinski definition) is 1. The molecule has 1 aromatic heterocycles. The van der Waals surface area contributed by atoms with Crippen molar-refractivity contribution in [2.75, 3.05) is 7.05 Å². The molecule has 0 unspecified atom stereocenters. The molecule has 9 heteroatoms. The number of nitrogens with zero attached hydrogens (tertiary/aromatic N) is 3. The van der Waals surface area contributed by atoms with Crippen molar-refractivity contribution in [2.45, 2.75) is 6.54 Å². The van der Waals surface area contributed by atoms with Gasteiger partial charge in [0.05, 0.1) is 17.1 Å². The molecule has 1 amide bonds. The van der Waals surface area contributed by atoms with Gasteiger partial charge in [0.2, 0.25) is 0 Å². The van der Waals surface area contributed by atoms with Gasteiger partial charge < -0.3 is 0 Å². The van der Waals surface area contributed by atoms with Crippen molar-refractivity contribution in [2.24, 2.45) is 0 Å². The highest BCUT2D eigenvalue weighted by atomic mass is 35.5. The number of amides is 1. The topological polar surface area (TPSA) is 58.4 Å². The van der Waals surface area contributed by atoms with Crippen LogP contribution in [0.2, 0.25) is 20.1 Å². The van der Waals surface area contributed by atoms with Crippen LogP contribution in [0.4, 0.5) is 0 Å². The second kappa shape index (κ2) is 7.02. The van der Waals surface area contributed by atoms with Gasteiger partial charge in [0.25, 0.3) is 5.91 Å². The van der Waals surface area contributed by atoms with Crippen molar-refractivity contribution in [1.82, 2.24) is 14.8 Å². The molecule has 3 rings (SSSR count). The van der Waals surface area contributed by atoms with E-state index in [4.69, 9.17) is 46.4 Å². The van der Waals surface area contributed by atoms with Crippen molar-refractivity contribution in [3.63, 3.8) is 0 Å². The molecule has 1 N–H and O–H groups in total. The number of hydroxylamine groups is 2. The van der Waals surface area contributed by atoms with Crippen LogP contribution in [0, 0.1) is 0 Å². The minimum atomic E-state index is -0.677. The van der Waals surface area contributed by atoms with Gasteiger partial charge in [0.1, 0.15) is 0 Å². The van der Waals surface area contributed by atoms with E-state index >= 15 is 0 Å². The summed E-state index contributed by atoms with van der Waals surface area (Å²) in [5, 5.41) is 16.3. The first-order chi connectivity index (χ1) is 11.8. The van der Waals surface area contributed by atoms with Gasteiger partial charge in [-0.3, -0.25) is 14.7 Å². The van der Waals surface area contributed by atoms with Gasteiger partial charge in [-0.2, -0.15) is 5.10 Å². The highest BCUT2D eigenvalue weighted by Gasteiger charge is 2.22. The number of carbonyl (C=O) groups is 1. The summed E-state index contributed by atoms with van der Waals surface area (Å²) < 4.78 is 1.54. The van der Waals surface area contributed by atoms with Gasteiger partial charge in [-0.15, -0.1) is 0 Å². The number of aromatic nitrogens is 2. The Labute approximate surface area is 163 Å². The predicted octanol–water partition coefficient (Wildman–Crippen LogP) is 5.16. The maximum absolute atomic E-state index is 12.2. The first kappa shape index (κ1) is 18.3. The summed E-state index contributed by atoms with van der Waals surface area (Å²) in [6.07, 6.45) is 0. The third-order valence-electron chi connectivity index (χ3n) is 3.59. The molecule has 0 radical (unpaired) electrons. The minimum Gasteiger partial charge on any atom is -0.286 e. The number of halogens is 4. The third kappa shape index (κ3) is 3.57. The van der Waals surface area contributed by atoms with E-state index in [-0.39, 0.29) is 12.2 Å². The van der Waals surface area contributed by atoms with E-state index < -0.39 is 5.91 Å². The Bertz CT molecular complexity index is 985. The number of hydrogen-bond acceptors (Lipinski definition) is 3. The fraction of sp³-hybridized carbons (Fsp3) is 0.125. The summed E-state index contributed by atoms with van der Waals surface area (Å²) in [7, 11) is 1.22. The lowest BCUT2D eigenvalue weighted by Crippen LogP contribution is -2.23. The first-order valence-corrected chi connectivity index (χ1v) is 8.55. The largest absolute Gasteiger partial charge is 0.298 e. The Balaban J connectivity index is 2.19. The number of fused-ring (bicyclic) bond motifs is 1. The van der Waals surface area contributed by atoms with Crippen LogP contribution in [0.5, 0.6) is 0 Å². The lowest BCUT2D eigenvalue weighted by Gasteiger charge is -2.07. The highest BCUT2D eigenvalue weighted by Crippen LogP contribution is 2.32. The SMILES string of the molecule is CN(O)C(=O)c1nn(Cc2ccc(Cl)cc2Cl)c2c(Cl)cc(Cl)cc12. The second-order valence-corrected chi connectivity index (χ2v) is 7.04. The zero-order valence-electron chi connectivity index (χ0n) is 12.8. The van der Waals surface area contributed by atoms with E-state index in [9.17, 15) is 10.0 Å². The summed E-state index contributed by atoms with van der Waals surface area (Å²) in [6, 6.07) is 8.23. The molecule has 2 aromatic carbocycles. The number of benzene rings is 2. The van der Waals surface area contributed by atoms with Crippen molar-refractivity contribution in [3.05, 3.63) is 61.7 Å². The molecule has 0 aliphatic heterocycles. The van der Waals surface area contributed by atoms with Crippen molar-refractivity contribution in [3.8, 4) is 0 Å².